The van der Waals surface area contributed by atoms with E-state index in [1.165, 1.54) is 6.07 Å². The summed E-state index contributed by atoms with van der Waals surface area (Å²) < 4.78 is 33.8. The number of nitrogens with zero attached hydrogens (tertiary/aromatic N) is 3. The molecule has 4 rings (SSSR count). The molecule has 0 atom stereocenters. The zero-order valence-electron chi connectivity index (χ0n) is 17.9. The van der Waals surface area contributed by atoms with Crippen molar-refractivity contribution in [2.75, 3.05) is 11.9 Å². The van der Waals surface area contributed by atoms with Crippen LogP contribution >= 0.6 is 0 Å². The van der Waals surface area contributed by atoms with Gasteiger partial charge in [0.1, 0.15) is 0 Å². The van der Waals surface area contributed by atoms with Crippen LogP contribution in [0.5, 0.6) is 5.88 Å². The Bertz CT molecular complexity index is 1300. The van der Waals surface area contributed by atoms with Gasteiger partial charge in [-0.05, 0) is 50.1 Å². The number of hydrogen-bond acceptors (Lipinski definition) is 4. The van der Waals surface area contributed by atoms with Crippen LogP contribution in [0.4, 0.5) is 14.5 Å². The summed E-state index contributed by atoms with van der Waals surface area (Å²) in [7, 11) is 0. The van der Waals surface area contributed by atoms with E-state index in [-0.39, 0.29) is 18.2 Å². The Morgan fingerprint density at radius 3 is 2.50 bits per heavy atom. The highest BCUT2D eigenvalue weighted by Crippen LogP contribution is 2.28. The number of aryl methyl sites for hydroxylation is 3. The molecule has 0 aliphatic carbocycles. The van der Waals surface area contributed by atoms with Crippen LogP contribution in [0, 0.1) is 25.5 Å². The van der Waals surface area contributed by atoms with E-state index in [1.54, 1.807) is 10.7 Å². The molecule has 2 aromatic carbocycles. The molecule has 0 fully saturated rings. The number of amides is 1. The Balaban J connectivity index is 1.60. The van der Waals surface area contributed by atoms with Crippen LogP contribution in [0.15, 0.2) is 48.5 Å². The number of carbonyl (C=O) groups is 1. The third-order valence-corrected chi connectivity index (χ3v) is 5.08. The Morgan fingerprint density at radius 2 is 1.81 bits per heavy atom. The molecule has 0 spiro atoms. The number of ether oxygens (including phenoxy) is 1. The third kappa shape index (κ3) is 4.30. The van der Waals surface area contributed by atoms with E-state index in [1.807, 2.05) is 45.0 Å². The molecule has 4 aromatic rings. The zero-order chi connectivity index (χ0) is 22.8. The summed E-state index contributed by atoms with van der Waals surface area (Å²) in [6.07, 6.45) is 0.733. The van der Waals surface area contributed by atoms with Crippen LogP contribution in [-0.2, 0) is 11.2 Å². The summed E-state index contributed by atoms with van der Waals surface area (Å²) in [5.74, 6) is -2.25. The van der Waals surface area contributed by atoms with Gasteiger partial charge in [0.2, 0.25) is 5.88 Å². The van der Waals surface area contributed by atoms with Crippen LogP contribution in [-0.4, -0.2) is 27.3 Å². The molecular weight excluding hydrogens is 414 g/mol. The molecule has 1 N–H and O–H groups in total. The van der Waals surface area contributed by atoms with Crippen molar-refractivity contribution in [3.63, 3.8) is 0 Å². The smallest absolute Gasteiger partial charge is 0.262 e. The maximum absolute atomic E-state index is 13.3. The lowest BCUT2D eigenvalue weighted by Gasteiger charge is -2.10. The molecule has 0 radical (unpaired) electrons. The average Bonchev–Trinajstić information content (AvgIpc) is 3.11. The van der Waals surface area contributed by atoms with Gasteiger partial charge in [-0.2, -0.15) is 10.1 Å². The first-order chi connectivity index (χ1) is 15.4. The monoisotopic (exact) mass is 436 g/mol. The summed E-state index contributed by atoms with van der Waals surface area (Å²) >= 11 is 0. The molecule has 1 amide bonds. The topological polar surface area (TPSA) is 69.0 Å². The first-order valence-electron chi connectivity index (χ1n) is 10.2. The highest BCUT2D eigenvalue weighted by Gasteiger charge is 2.17. The average molecular weight is 436 g/mol. The fourth-order valence-corrected chi connectivity index (χ4v) is 3.48. The van der Waals surface area contributed by atoms with Crippen LogP contribution < -0.4 is 10.1 Å². The number of benzene rings is 2. The molecule has 0 unspecified atom stereocenters. The van der Waals surface area contributed by atoms with Crippen molar-refractivity contribution in [1.29, 1.82) is 0 Å². The minimum atomic E-state index is -1.04. The van der Waals surface area contributed by atoms with Gasteiger partial charge in [0.15, 0.2) is 23.9 Å². The predicted molar refractivity (Wildman–Crippen MR) is 118 cm³/mol. The first kappa shape index (κ1) is 21.4. The normalized spacial score (nSPS) is 11.0. The summed E-state index contributed by atoms with van der Waals surface area (Å²) in [6.45, 7) is 5.64. The van der Waals surface area contributed by atoms with Crippen molar-refractivity contribution in [2.45, 2.75) is 27.2 Å². The number of fused-ring (bicyclic) bond motifs is 1. The van der Waals surface area contributed by atoms with E-state index < -0.39 is 17.5 Å². The molecular formula is C24H22F2N4O2. The van der Waals surface area contributed by atoms with E-state index in [2.05, 4.69) is 15.4 Å². The zero-order valence-corrected chi connectivity index (χ0v) is 17.9. The van der Waals surface area contributed by atoms with E-state index in [0.717, 1.165) is 46.4 Å². The summed E-state index contributed by atoms with van der Waals surface area (Å²) in [5, 5.41) is 8.09. The number of pyridine rings is 1. The molecule has 0 saturated carbocycles. The van der Waals surface area contributed by atoms with Gasteiger partial charge in [-0.15, -0.1) is 0 Å². The van der Waals surface area contributed by atoms with Gasteiger partial charge in [0, 0.05) is 23.2 Å². The van der Waals surface area contributed by atoms with Gasteiger partial charge in [0.25, 0.3) is 5.91 Å². The molecule has 32 heavy (non-hydrogen) atoms. The largest absolute Gasteiger partial charge is 0.467 e. The maximum atomic E-state index is 13.3. The van der Waals surface area contributed by atoms with E-state index in [9.17, 15) is 13.6 Å². The van der Waals surface area contributed by atoms with Crippen molar-refractivity contribution in [2.24, 2.45) is 0 Å². The van der Waals surface area contributed by atoms with Crippen LogP contribution in [0.2, 0.25) is 0 Å². The van der Waals surface area contributed by atoms with Crippen LogP contribution in [0.3, 0.4) is 0 Å². The number of hydrogen-bond donors (Lipinski definition) is 1. The number of carbonyl (C=O) groups excluding carboxylic acids is 1. The van der Waals surface area contributed by atoms with Gasteiger partial charge in [0.05, 0.1) is 11.4 Å². The summed E-state index contributed by atoms with van der Waals surface area (Å²) in [5.41, 5.74) is 4.65. The van der Waals surface area contributed by atoms with E-state index in [0.29, 0.717) is 5.65 Å². The van der Waals surface area contributed by atoms with Crippen molar-refractivity contribution in [1.82, 2.24) is 14.8 Å². The molecule has 0 bridgehead atoms. The van der Waals surface area contributed by atoms with Crippen molar-refractivity contribution in [3.05, 3.63) is 77.0 Å². The van der Waals surface area contributed by atoms with Crippen molar-refractivity contribution < 1.29 is 18.3 Å². The van der Waals surface area contributed by atoms with Gasteiger partial charge in [-0.3, -0.25) is 4.79 Å². The van der Waals surface area contributed by atoms with Gasteiger partial charge < -0.3 is 10.1 Å². The Kier molecular flexibility index (Phi) is 5.85. The Morgan fingerprint density at radius 1 is 1.06 bits per heavy atom. The number of anilines is 1. The number of aromatic nitrogens is 3. The number of nitrogens with one attached hydrogen (secondary N) is 1. The molecule has 2 heterocycles. The first-order valence-corrected chi connectivity index (χ1v) is 10.2. The molecule has 0 saturated heterocycles. The number of halogens is 2. The second kappa shape index (κ2) is 8.74. The fourth-order valence-electron chi connectivity index (χ4n) is 3.48. The van der Waals surface area contributed by atoms with Crippen molar-refractivity contribution >= 4 is 22.6 Å². The highest BCUT2D eigenvalue weighted by atomic mass is 19.2. The molecule has 6 nitrogen and oxygen atoms in total. The quantitative estimate of drug-likeness (QED) is 0.467. The summed E-state index contributed by atoms with van der Waals surface area (Å²) in [4.78, 5) is 16.8. The second-order valence-corrected chi connectivity index (χ2v) is 7.47. The van der Waals surface area contributed by atoms with Gasteiger partial charge in [-0.25, -0.2) is 13.5 Å². The van der Waals surface area contributed by atoms with Crippen molar-refractivity contribution in [3.8, 4) is 11.6 Å². The molecule has 0 aliphatic heterocycles. The van der Waals surface area contributed by atoms with Gasteiger partial charge in [-0.1, -0.05) is 24.6 Å². The van der Waals surface area contributed by atoms with Crippen LogP contribution in [0.25, 0.3) is 16.7 Å². The lowest BCUT2D eigenvalue weighted by molar-refractivity contribution is -0.118. The highest BCUT2D eigenvalue weighted by molar-refractivity contribution is 5.92. The minimum Gasteiger partial charge on any atom is -0.467 e. The fraction of sp³-hybridized carbons (Fsp3) is 0.208. The Hall–Kier alpha value is -3.81. The second-order valence-electron chi connectivity index (χ2n) is 7.47. The van der Waals surface area contributed by atoms with E-state index in [4.69, 9.17) is 4.74 Å². The lowest BCUT2D eigenvalue weighted by Crippen LogP contribution is -2.20. The Labute approximate surface area is 183 Å². The third-order valence-electron chi connectivity index (χ3n) is 5.08. The minimum absolute atomic E-state index is 0.142. The lowest BCUT2D eigenvalue weighted by atomic mass is 10.1. The summed E-state index contributed by atoms with van der Waals surface area (Å²) in [6, 6.07) is 12.9. The standard InChI is InChI=1S/C24H22F2N4O2/c1-4-16-11-22(32-13-21(31)27-17-7-10-19(25)20(26)12-17)28-24-23(16)15(3)29-30(24)18-8-5-14(2)6-9-18/h5-12H,4,13H2,1-3H3,(H,27,31). The predicted octanol–water partition coefficient (Wildman–Crippen LogP) is 4.90. The molecule has 2 aromatic heterocycles. The molecule has 8 heteroatoms. The molecule has 164 valence electrons. The number of rotatable bonds is 6. The van der Waals surface area contributed by atoms with Gasteiger partial charge >= 0.3 is 0 Å². The maximum Gasteiger partial charge on any atom is 0.262 e. The van der Waals surface area contributed by atoms with E-state index >= 15 is 0 Å². The van der Waals surface area contributed by atoms with Crippen LogP contribution in [0.1, 0.15) is 23.7 Å². The molecule has 0 aliphatic rings. The SMILES string of the molecule is CCc1cc(OCC(=O)Nc2ccc(F)c(F)c2)nc2c1c(C)nn2-c1ccc(C)cc1.